The van der Waals surface area contributed by atoms with Crippen LogP contribution in [-0.2, 0) is 0 Å². The van der Waals surface area contributed by atoms with Crippen LogP contribution in [0.4, 0.5) is 0 Å². The van der Waals surface area contributed by atoms with Gasteiger partial charge in [0.25, 0.3) is 0 Å². The maximum Gasteiger partial charge on any atom is 0.152 e. The molecule has 0 bridgehead atoms. The quantitative estimate of drug-likeness (QED) is 0.469. The second-order valence-electron chi connectivity index (χ2n) is 6.74. The second-order valence-corrected chi connectivity index (χ2v) is 6.74. The van der Waals surface area contributed by atoms with Crippen LogP contribution in [0.25, 0.3) is 0 Å². The number of allylic oxidation sites excluding steroid dienone is 11. The summed E-state index contributed by atoms with van der Waals surface area (Å²) in [5.41, 5.74) is 2.63. The van der Waals surface area contributed by atoms with E-state index in [0.29, 0.717) is 18.4 Å². The molecule has 150 valence electrons. The summed E-state index contributed by atoms with van der Waals surface area (Å²) < 4.78 is 0. The van der Waals surface area contributed by atoms with Crippen molar-refractivity contribution in [3.8, 4) is 0 Å². The van der Waals surface area contributed by atoms with Crippen LogP contribution < -0.4 is 5.32 Å². The molecule has 0 aromatic rings. The van der Waals surface area contributed by atoms with E-state index in [1.807, 2.05) is 62.5 Å². The molecule has 0 spiro atoms. The molecule has 0 heterocycles. The number of hydrogen-bond donors (Lipinski definition) is 1. The lowest BCUT2D eigenvalue weighted by Gasteiger charge is -2.18. The molecule has 0 saturated heterocycles. The summed E-state index contributed by atoms with van der Waals surface area (Å²) in [7, 11) is 0. The molecule has 1 atom stereocenters. The van der Waals surface area contributed by atoms with Crippen LogP contribution in [0.15, 0.2) is 112 Å². The fourth-order valence-corrected chi connectivity index (χ4v) is 2.66. The zero-order valence-corrected chi connectivity index (χ0v) is 17.5. The molecule has 0 unspecified atom stereocenters. The standard InChI is InChI=1S/C25H30N4/c1-5-17-26-18-16-21(3)25(29-24-15-11-10-12-20(24)2)28-19-27-22(4)23-13-8-6-7-9-14-23/h5-18,22-23,27H,2,19H2,1,3-4H3/b17-5-,21-16+,26-18-,28-25-,29-24?/t22-/m1/s1. The minimum absolute atomic E-state index is 0.257. The first kappa shape index (κ1) is 22.2. The van der Waals surface area contributed by atoms with Crippen molar-refractivity contribution in [3.05, 3.63) is 96.8 Å². The van der Waals surface area contributed by atoms with Crippen LogP contribution in [0, 0.1) is 5.92 Å². The molecule has 0 aliphatic heterocycles. The van der Waals surface area contributed by atoms with E-state index in [4.69, 9.17) is 9.98 Å². The number of nitrogens with zero attached hydrogens (tertiary/aromatic N) is 3. The molecule has 2 aliphatic carbocycles. The van der Waals surface area contributed by atoms with Crippen LogP contribution >= 0.6 is 0 Å². The van der Waals surface area contributed by atoms with Gasteiger partial charge in [-0.25, -0.2) is 4.99 Å². The molecule has 0 aromatic heterocycles. The van der Waals surface area contributed by atoms with Gasteiger partial charge >= 0.3 is 0 Å². The Hall–Kier alpha value is -3.11. The highest BCUT2D eigenvalue weighted by atomic mass is 15.1. The number of rotatable bonds is 7. The van der Waals surface area contributed by atoms with Crippen LogP contribution in [0.5, 0.6) is 0 Å². The molecule has 0 radical (unpaired) electrons. The summed E-state index contributed by atoms with van der Waals surface area (Å²) in [6, 6.07) is 0.257. The molecule has 29 heavy (non-hydrogen) atoms. The lowest BCUT2D eigenvalue weighted by atomic mass is 10.0. The minimum atomic E-state index is 0.257. The van der Waals surface area contributed by atoms with Gasteiger partial charge in [-0.2, -0.15) is 0 Å². The van der Waals surface area contributed by atoms with Gasteiger partial charge in [0.05, 0.1) is 12.4 Å². The zero-order valence-electron chi connectivity index (χ0n) is 17.5. The molecule has 4 nitrogen and oxygen atoms in total. The molecule has 0 fully saturated rings. The van der Waals surface area contributed by atoms with Gasteiger partial charge in [0.2, 0.25) is 0 Å². The Morgan fingerprint density at radius 2 is 1.86 bits per heavy atom. The number of nitrogens with one attached hydrogen (secondary N) is 1. The van der Waals surface area contributed by atoms with E-state index in [1.165, 1.54) is 0 Å². The van der Waals surface area contributed by atoms with Crippen molar-refractivity contribution in [2.24, 2.45) is 20.9 Å². The van der Waals surface area contributed by atoms with E-state index in [1.54, 1.807) is 12.4 Å². The predicted molar refractivity (Wildman–Crippen MR) is 128 cm³/mol. The molecule has 4 heteroatoms. The Kier molecular flexibility index (Phi) is 9.46. The monoisotopic (exact) mass is 386 g/mol. The average Bonchev–Trinajstić information content (AvgIpc) is 3.01. The third-order valence-corrected chi connectivity index (χ3v) is 4.44. The second kappa shape index (κ2) is 12.4. The van der Waals surface area contributed by atoms with Gasteiger partial charge in [-0.3, -0.25) is 15.3 Å². The van der Waals surface area contributed by atoms with Crippen LogP contribution in [0.3, 0.4) is 0 Å². The molecule has 2 rings (SSSR count). The Morgan fingerprint density at radius 1 is 1.14 bits per heavy atom. The van der Waals surface area contributed by atoms with Crippen molar-refractivity contribution in [3.63, 3.8) is 0 Å². The summed E-state index contributed by atoms with van der Waals surface area (Å²) in [6.45, 7) is 10.6. The van der Waals surface area contributed by atoms with E-state index in [-0.39, 0.29) is 6.04 Å². The van der Waals surface area contributed by atoms with Gasteiger partial charge in [0.15, 0.2) is 5.84 Å². The van der Waals surface area contributed by atoms with Crippen molar-refractivity contribution in [2.75, 3.05) is 6.67 Å². The molecule has 2 aliphatic rings. The first-order chi connectivity index (χ1) is 14.1. The maximum atomic E-state index is 4.74. The minimum Gasteiger partial charge on any atom is -0.295 e. The molecular weight excluding hydrogens is 356 g/mol. The Balaban J connectivity index is 2.15. The smallest absolute Gasteiger partial charge is 0.152 e. The van der Waals surface area contributed by atoms with Crippen LogP contribution in [0.1, 0.15) is 20.8 Å². The maximum absolute atomic E-state index is 4.74. The normalized spacial score (nSPS) is 20.5. The fourth-order valence-electron chi connectivity index (χ4n) is 2.66. The highest BCUT2D eigenvalue weighted by Crippen LogP contribution is 2.11. The van der Waals surface area contributed by atoms with Crippen molar-refractivity contribution >= 4 is 17.8 Å². The van der Waals surface area contributed by atoms with Crippen molar-refractivity contribution < 1.29 is 0 Å². The Morgan fingerprint density at radius 3 is 2.55 bits per heavy atom. The first-order valence-electron chi connectivity index (χ1n) is 9.85. The van der Waals surface area contributed by atoms with E-state index in [0.717, 1.165) is 16.9 Å². The van der Waals surface area contributed by atoms with Gasteiger partial charge < -0.3 is 0 Å². The van der Waals surface area contributed by atoms with E-state index in [9.17, 15) is 0 Å². The molecule has 0 saturated carbocycles. The van der Waals surface area contributed by atoms with Crippen molar-refractivity contribution in [1.29, 1.82) is 0 Å². The summed E-state index contributed by atoms with van der Waals surface area (Å²) >= 11 is 0. The number of amidine groups is 1. The number of aliphatic imine (C=N–C) groups is 3. The SMILES string of the molecule is C=C1C=CC=CC1=NC(=N\CN[C@H](C)C1C=CC=CC=C1)/C(C)=C/C=N\C=C/C. The molecule has 1 N–H and O–H groups in total. The average molecular weight is 387 g/mol. The predicted octanol–water partition coefficient (Wildman–Crippen LogP) is 5.29. The number of hydrogen-bond acceptors (Lipinski definition) is 3. The van der Waals surface area contributed by atoms with E-state index in [2.05, 4.69) is 48.1 Å². The van der Waals surface area contributed by atoms with Crippen molar-refractivity contribution in [1.82, 2.24) is 5.32 Å². The van der Waals surface area contributed by atoms with Crippen LogP contribution in [-0.4, -0.2) is 30.5 Å². The molecular formula is C25H30N4. The summed E-state index contributed by atoms with van der Waals surface area (Å²) in [5.74, 6) is 0.993. The van der Waals surface area contributed by atoms with Gasteiger partial charge in [-0.1, -0.05) is 67.3 Å². The zero-order chi connectivity index (χ0) is 20.9. The fraction of sp³-hybridized carbons (Fsp3) is 0.240. The highest BCUT2D eigenvalue weighted by Gasteiger charge is 2.11. The third-order valence-electron chi connectivity index (χ3n) is 4.44. The third kappa shape index (κ3) is 7.80. The van der Waals surface area contributed by atoms with Crippen molar-refractivity contribution in [2.45, 2.75) is 26.8 Å². The van der Waals surface area contributed by atoms with Gasteiger partial charge in [-0.15, -0.1) is 0 Å². The highest BCUT2D eigenvalue weighted by molar-refractivity contribution is 6.18. The van der Waals surface area contributed by atoms with Gasteiger partial charge in [0.1, 0.15) is 0 Å². The Bertz CT molecular complexity index is 854. The van der Waals surface area contributed by atoms with E-state index >= 15 is 0 Å². The first-order valence-corrected chi connectivity index (χ1v) is 9.85. The summed E-state index contributed by atoms with van der Waals surface area (Å²) in [5, 5.41) is 3.48. The Labute approximate surface area is 174 Å². The van der Waals surface area contributed by atoms with Gasteiger partial charge in [-0.05, 0) is 44.1 Å². The molecule has 0 aromatic carbocycles. The van der Waals surface area contributed by atoms with Gasteiger partial charge in [0, 0.05) is 24.4 Å². The lowest BCUT2D eigenvalue weighted by Crippen LogP contribution is -2.32. The summed E-state index contributed by atoms with van der Waals surface area (Å²) in [6.07, 6.45) is 27.7. The summed E-state index contributed by atoms with van der Waals surface area (Å²) in [4.78, 5) is 13.6. The molecule has 0 amide bonds. The van der Waals surface area contributed by atoms with E-state index < -0.39 is 0 Å². The largest absolute Gasteiger partial charge is 0.295 e. The van der Waals surface area contributed by atoms with Crippen LogP contribution in [0.2, 0.25) is 0 Å². The topological polar surface area (TPSA) is 49.1 Å². The lowest BCUT2D eigenvalue weighted by molar-refractivity contribution is 0.499.